The SMILES string of the molecule is COc1cc(Cl)cc(OC)c1NC(=O)C(N=Nc1cccc([N+](=O)[O-])c1)C(C)=O. The average molecular weight is 421 g/mol. The zero-order valence-electron chi connectivity index (χ0n) is 15.7. The van der Waals surface area contributed by atoms with Crippen LogP contribution in [0.1, 0.15) is 6.92 Å². The van der Waals surface area contributed by atoms with Crippen LogP contribution in [-0.2, 0) is 9.59 Å². The number of non-ortho nitro benzene ring substituents is 1. The molecule has 2 aromatic rings. The molecule has 1 N–H and O–H groups in total. The molecule has 10 nitrogen and oxygen atoms in total. The monoisotopic (exact) mass is 420 g/mol. The maximum atomic E-state index is 12.6. The molecule has 0 aliphatic heterocycles. The van der Waals surface area contributed by atoms with Gasteiger partial charge in [0.25, 0.3) is 11.6 Å². The van der Waals surface area contributed by atoms with Gasteiger partial charge in [-0.15, -0.1) is 0 Å². The molecule has 0 aromatic heterocycles. The molecular formula is C18H17ClN4O6. The quantitative estimate of drug-likeness (QED) is 0.297. The standard InChI is InChI=1S/C18H17ClN4O6/c1-10(24)16(22-21-12-5-4-6-13(9-12)23(26)27)18(25)20-17-14(28-2)7-11(19)8-15(17)29-3/h4-9,16H,1-3H3,(H,20,25). The summed E-state index contributed by atoms with van der Waals surface area (Å²) >= 11 is 5.97. The number of carbonyl (C=O) groups is 2. The summed E-state index contributed by atoms with van der Waals surface area (Å²) in [5, 5.41) is 21.2. The third-order valence-corrected chi connectivity index (χ3v) is 3.90. The van der Waals surface area contributed by atoms with Crippen molar-refractivity contribution in [1.82, 2.24) is 0 Å². The summed E-state index contributed by atoms with van der Waals surface area (Å²) in [5.41, 5.74) is 0.0991. The Kier molecular flexibility index (Phi) is 7.21. The maximum Gasteiger partial charge on any atom is 0.271 e. The molecule has 0 saturated heterocycles. The van der Waals surface area contributed by atoms with Crippen LogP contribution in [0.4, 0.5) is 17.1 Å². The molecule has 2 aromatic carbocycles. The Morgan fingerprint density at radius 1 is 1.17 bits per heavy atom. The molecule has 2 rings (SSSR count). The molecule has 0 aliphatic rings. The normalized spacial score (nSPS) is 11.7. The number of hydrogen-bond donors (Lipinski definition) is 1. The molecule has 11 heteroatoms. The minimum absolute atomic E-state index is 0.125. The van der Waals surface area contributed by atoms with Gasteiger partial charge < -0.3 is 14.8 Å². The highest BCUT2D eigenvalue weighted by Crippen LogP contribution is 2.38. The third kappa shape index (κ3) is 5.48. The molecule has 1 atom stereocenters. The first-order valence-corrected chi connectivity index (χ1v) is 8.52. The van der Waals surface area contributed by atoms with Crippen LogP contribution < -0.4 is 14.8 Å². The number of nitro benzene ring substituents is 1. The lowest BCUT2D eigenvalue weighted by Crippen LogP contribution is -2.32. The van der Waals surface area contributed by atoms with Crippen LogP contribution in [0.15, 0.2) is 46.6 Å². The van der Waals surface area contributed by atoms with Crippen LogP contribution in [0.3, 0.4) is 0 Å². The van der Waals surface area contributed by atoms with E-state index in [1.165, 1.54) is 57.5 Å². The molecule has 0 bridgehead atoms. The van der Waals surface area contributed by atoms with Crippen molar-refractivity contribution in [2.24, 2.45) is 10.2 Å². The predicted octanol–water partition coefficient (Wildman–Crippen LogP) is 3.95. The molecule has 0 saturated carbocycles. The minimum Gasteiger partial charge on any atom is -0.494 e. The van der Waals surface area contributed by atoms with Gasteiger partial charge in [-0.3, -0.25) is 19.7 Å². The lowest BCUT2D eigenvalue weighted by atomic mass is 10.2. The lowest BCUT2D eigenvalue weighted by Gasteiger charge is -2.16. The molecule has 152 valence electrons. The number of anilines is 1. The lowest BCUT2D eigenvalue weighted by molar-refractivity contribution is -0.384. The third-order valence-electron chi connectivity index (χ3n) is 3.68. The number of carbonyl (C=O) groups excluding carboxylic acids is 2. The summed E-state index contributed by atoms with van der Waals surface area (Å²) in [6.07, 6.45) is 0. The first kappa shape index (κ1) is 21.8. The topological polar surface area (TPSA) is 132 Å². The number of rotatable bonds is 8. The highest BCUT2D eigenvalue weighted by Gasteiger charge is 2.26. The van der Waals surface area contributed by atoms with Crippen LogP contribution in [0.5, 0.6) is 11.5 Å². The Hall–Kier alpha value is -3.53. The molecule has 1 amide bonds. The van der Waals surface area contributed by atoms with Crippen molar-refractivity contribution in [1.29, 1.82) is 0 Å². The Bertz CT molecular complexity index is 954. The number of hydrogen-bond acceptors (Lipinski definition) is 8. The van der Waals surface area contributed by atoms with E-state index in [2.05, 4.69) is 15.5 Å². The largest absolute Gasteiger partial charge is 0.494 e. The van der Waals surface area contributed by atoms with Gasteiger partial charge in [0.15, 0.2) is 5.78 Å². The van der Waals surface area contributed by atoms with Crippen LogP contribution >= 0.6 is 11.6 Å². The summed E-state index contributed by atoms with van der Waals surface area (Å²) in [6, 6.07) is 6.77. The van der Waals surface area contributed by atoms with Crippen molar-refractivity contribution in [2.75, 3.05) is 19.5 Å². The van der Waals surface area contributed by atoms with Crippen LogP contribution in [-0.4, -0.2) is 36.9 Å². The fraction of sp³-hybridized carbons (Fsp3) is 0.222. The minimum atomic E-state index is -1.49. The van der Waals surface area contributed by atoms with Crippen molar-refractivity contribution >= 4 is 40.4 Å². The van der Waals surface area contributed by atoms with Gasteiger partial charge >= 0.3 is 0 Å². The Balaban J connectivity index is 2.31. The number of nitrogens with one attached hydrogen (secondary N) is 1. The van der Waals surface area contributed by atoms with Gasteiger partial charge in [0.1, 0.15) is 17.2 Å². The van der Waals surface area contributed by atoms with Crippen LogP contribution in [0.2, 0.25) is 5.02 Å². The van der Waals surface area contributed by atoms with Crippen LogP contribution in [0.25, 0.3) is 0 Å². The van der Waals surface area contributed by atoms with Crippen molar-refractivity contribution in [3.05, 3.63) is 51.5 Å². The van der Waals surface area contributed by atoms with E-state index in [9.17, 15) is 19.7 Å². The first-order valence-electron chi connectivity index (χ1n) is 8.15. The number of halogens is 1. The van der Waals surface area contributed by atoms with E-state index in [-0.39, 0.29) is 28.6 Å². The zero-order valence-corrected chi connectivity index (χ0v) is 16.5. The second-order valence-electron chi connectivity index (χ2n) is 5.68. The number of Topliss-reactive ketones (excluding diaryl/α,β-unsaturated/α-hetero) is 1. The van der Waals surface area contributed by atoms with Crippen molar-refractivity contribution in [3.63, 3.8) is 0 Å². The second kappa shape index (κ2) is 9.60. The maximum absolute atomic E-state index is 12.6. The molecule has 0 heterocycles. The zero-order chi connectivity index (χ0) is 21.6. The number of benzene rings is 2. The summed E-state index contributed by atoms with van der Waals surface area (Å²) < 4.78 is 10.4. The number of methoxy groups -OCH3 is 2. The number of ketones is 1. The van der Waals surface area contributed by atoms with Gasteiger partial charge in [0.05, 0.1) is 24.8 Å². The van der Waals surface area contributed by atoms with Gasteiger partial charge in [0.2, 0.25) is 6.04 Å². The summed E-state index contributed by atoms with van der Waals surface area (Å²) in [6.45, 7) is 1.17. The molecule has 0 fully saturated rings. The number of azo groups is 1. The van der Waals surface area contributed by atoms with E-state index in [0.29, 0.717) is 5.02 Å². The molecule has 29 heavy (non-hydrogen) atoms. The van der Waals surface area contributed by atoms with Crippen molar-refractivity contribution in [3.8, 4) is 11.5 Å². The van der Waals surface area contributed by atoms with Gasteiger partial charge in [0, 0.05) is 29.3 Å². The van der Waals surface area contributed by atoms with E-state index < -0.39 is 22.7 Å². The smallest absolute Gasteiger partial charge is 0.271 e. The van der Waals surface area contributed by atoms with Crippen LogP contribution in [0, 0.1) is 10.1 Å². The van der Waals surface area contributed by atoms with Gasteiger partial charge in [-0.25, -0.2) is 0 Å². The molecular weight excluding hydrogens is 404 g/mol. The summed E-state index contributed by atoms with van der Waals surface area (Å²) in [5.74, 6) is -0.921. The first-order chi connectivity index (χ1) is 13.8. The van der Waals surface area contributed by atoms with E-state index in [4.69, 9.17) is 21.1 Å². The highest BCUT2D eigenvalue weighted by molar-refractivity contribution is 6.31. The molecule has 0 aliphatic carbocycles. The van der Waals surface area contributed by atoms with Gasteiger partial charge in [-0.05, 0) is 13.0 Å². The van der Waals surface area contributed by atoms with Crippen molar-refractivity contribution < 1.29 is 24.0 Å². The molecule has 0 radical (unpaired) electrons. The number of ether oxygens (including phenoxy) is 2. The Morgan fingerprint density at radius 3 is 2.31 bits per heavy atom. The number of nitrogens with zero attached hydrogens (tertiary/aromatic N) is 3. The summed E-state index contributed by atoms with van der Waals surface area (Å²) in [4.78, 5) is 34.8. The molecule has 1 unspecified atom stereocenters. The van der Waals surface area contributed by atoms with E-state index in [0.717, 1.165) is 0 Å². The number of nitro groups is 1. The number of amides is 1. The highest BCUT2D eigenvalue weighted by atomic mass is 35.5. The van der Waals surface area contributed by atoms with E-state index in [1.807, 2.05) is 0 Å². The van der Waals surface area contributed by atoms with Gasteiger partial charge in [-0.1, -0.05) is 17.7 Å². The molecule has 0 spiro atoms. The summed E-state index contributed by atoms with van der Waals surface area (Å²) in [7, 11) is 2.76. The van der Waals surface area contributed by atoms with Crippen molar-refractivity contribution in [2.45, 2.75) is 13.0 Å². The van der Waals surface area contributed by atoms with E-state index >= 15 is 0 Å². The Labute approximate surface area is 170 Å². The Morgan fingerprint density at radius 2 is 1.79 bits per heavy atom. The fourth-order valence-electron chi connectivity index (χ4n) is 2.31. The fourth-order valence-corrected chi connectivity index (χ4v) is 2.50. The second-order valence-corrected chi connectivity index (χ2v) is 6.12. The average Bonchev–Trinajstić information content (AvgIpc) is 2.68. The van der Waals surface area contributed by atoms with Gasteiger partial charge in [-0.2, -0.15) is 10.2 Å². The predicted molar refractivity (Wildman–Crippen MR) is 105 cm³/mol. The van der Waals surface area contributed by atoms with E-state index in [1.54, 1.807) is 0 Å².